The van der Waals surface area contributed by atoms with Gasteiger partial charge in [-0.3, -0.25) is 4.79 Å². The van der Waals surface area contributed by atoms with E-state index in [9.17, 15) is 14.7 Å². The summed E-state index contributed by atoms with van der Waals surface area (Å²) in [5.41, 5.74) is 6.19. The Morgan fingerprint density at radius 3 is 2.35 bits per heavy atom. The van der Waals surface area contributed by atoms with E-state index >= 15 is 0 Å². The highest BCUT2D eigenvalue weighted by atomic mass is 35.5. The van der Waals surface area contributed by atoms with E-state index in [0.717, 1.165) is 6.07 Å². The average Bonchev–Trinajstić information content (AvgIpc) is 2.39. The van der Waals surface area contributed by atoms with Crippen LogP contribution in [0, 0.1) is 0 Å². The molecule has 0 fully saturated rings. The Balaban J connectivity index is 2.54. The van der Waals surface area contributed by atoms with E-state index in [-0.39, 0.29) is 21.9 Å². The summed E-state index contributed by atoms with van der Waals surface area (Å²) in [4.78, 5) is 22.0. The number of aromatic carboxylic acids is 1. The van der Waals surface area contributed by atoms with Crippen molar-refractivity contribution in [1.82, 2.24) is 0 Å². The first-order valence-corrected chi connectivity index (χ1v) is 5.94. The van der Waals surface area contributed by atoms with Gasteiger partial charge in [0.25, 0.3) is 0 Å². The van der Waals surface area contributed by atoms with E-state index in [0.29, 0.717) is 11.1 Å². The van der Waals surface area contributed by atoms with E-state index in [1.807, 2.05) is 0 Å². The number of halogens is 1. The molecule has 20 heavy (non-hydrogen) atoms. The van der Waals surface area contributed by atoms with Crippen molar-refractivity contribution >= 4 is 23.5 Å². The number of phenolic OH excluding ortho intramolecular Hbond substituents is 1. The van der Waals surface area contributed by atoms with Crippen LogP contribution in [0.1, 0.15) is 20.7 Å². The third kappa shape index (κ3) is 2.57. The number of nitrogens with two attached hydrogens (primary N) is 1. The molecule has 102 valence electrons. The van der Waals surface area contributed by atoms with E-state index in [4.69, 9.17) is 22.4 Å². The number of aromatic hydroxyl groups is 1. The molecule has 0 spiro atoms. The highest BCUT2D eigenvalue weighted by Gasteiger charge is 2.12. The van der Waals surface area contributed by atoms with Crippen molar-refractivity contribution < 1.29 is 19.8 Å². The molecule has 2 rings (SSSR count). The fourth-order valence-electron chi connectivity index (χ4n) is 1.79. The number of primary amides is 1. The summed E-state index contributed by atoms with van der Waals surface area (Å²) in [6, 6.07) is 8.48. The summed E-state index contributed by atoms with van der Waals surface area (Å²) >= 11 is 5.84. The zero-order valence-electron chi connectivity index (χ0n) is 10.1. The Morgan fingerprint density at radius 1 is 1.10 bits per heavy atom. The van der Waals surface area contributed by atoms with Gasteiger partial charge in [-0.15, -0.1) is 0 Å². The summed E-state index contributed by atoms with van der Waals surface area (Å²) in [5, 5.41) is 18.9. The molecular formula is C14H10ClNO4. The molecule has 1 amide bonds. The summed E-state index contributed by atoms with van der Waals surface area (Å²) < 4.78 is 0. The van der Waals surface area contributed by atoms with Crippen molar-refractivity contribution in [3.63, 3.8) is 0 Å². The van der Waals surface area contributed by atoms with Crippen LogP contribution in [0.2, 0.25) is 5.02 Å². The van der Waals surface area contributed by atoms with Crippen LogP contribution >= 0.6 is 11.6 Å². The number of carboxylic acid groups (broad SMARTS) is 1. The lowest BCUT2D eigenvalue weighted by Gasteiger charge is -2.08. The summed E-state index contributed by atoms with van der Waals surface area (Å²) in [7, 11) is 0. The van der Waals surface area contributed by atoms with Crippen molar-refractivity contribution in [2.75, 3.05) is 0 Å². The quantitative estimate of drug-likeness (QED) is 0.808. The predicted molar refractivity (Wildman–Crippen MR) is 74.0 cm³/mol. The van der Waals surface area contributed by atoms with Crippen molar-refractivity contribution in [2.45, 2.75) is 0 Å². The molecule has 0 atom stereocenters. The second-order valence-corrected chi connectivity index (χ2v) is 4.50. The maximum absolute atomic E-state index is 11.2. The number of hydrogen-bond donors (Lipinski definition) is 3. The molecule has 2 aromatic carbocycles. The van der Waals surface area contributed by atoms with Gasteiger partial charge < -0.3 is 15.9 Å². The number of benzene rings is 2. The average molecular weight is 292 g/mol. The van der Waals surface area contributed by atoms with Crippen LogP contribution in [0.4, 0.5) is 0 Å². The third-order valence-electron chi connectivity index (χ3n) is 2.79. The molecule has 2 aromatic rings. The molecular weight excluding hydrogens is 282 g/mol. The smallest absolute Gasteiger partial charge is 0.335 e. The number of hydrogen-bond acceptors (Lipinski definition) is 3. The number of carbonyl (C=O) groups is 2. The van der Waals surface area contributed by atoms with E-state index in [1.54, 1.807) is 6.07 Å². The highest BCUT2D eigenvalue weighted by molar-refractivity contribution is 6.33. The first kappa shape index (κ1) is 13.9. The van der Waals surface area contributed by atoms with Crippen LogP contribution in [0.25, 0.3) is 11.1 Å². The number of amides is 1. The van der Waals surface area contributed by atoms with Crippen molar-refractivity contribution in [3.8, 4) is 16.9 Å². The van der Waals surface area contributed by atoms with Crippen LogP contribution in [-0.2, 0) is 0 Å². The molecule has 0 bridgehead atoms. The summed E-state index contributed by atoms with van der Waals surface area (Å²) in [6.45, 7) is 0. The molecule has 0 aromatic heterocycles. The summed E-state index contributed by atoms with van der Waals surface area (Å²) in [5.74, 6) is -2.03. The van der Waals surface area contributed by atoms with Crippen LogP contribution in [-0.4, -0.2) is 22.1 Å². The molecule has 0 heterocycles. The molecule has 0 aliphatic rings. The van der Waals surface area contributed by atoms with Crippen LogP contribution in [0.3, 0.4) is 0 Å². The van der Waals surface area contributed by atoms with Gasteiger partial charge in [-0.1, -0.05) is 17.7 Å². The Kier molecular flexibility index (Phi) is 3.63. The van der Waals surface area contributed by atoms with Crippen molar-refractivity contribution in [3.05, 3.63) is 52.5 Å². The Hall–Kier alpha value is -2.53. The van der Waals surface area contributed by atoms with Gasteiger partial charge in [-0.2, -0.15) is 0 Å². The predicted octanol–water partition coefficient (Wildman–Crippen LogP) is 2.51. The third-order valence-corrected chi connectivity index (χ3v) is 3.12. The number of carbonyl (C=O) groups excluding carboxylic acids is 1. The van der Waals surface area contributed by atoms with Crippen LogP contribution < -0.4 is 5.73 Å². The van der Waals surface area contributed by atoms with Gasteiger partial charge in [0.05, 0.1) is 16.1 Å². The Morgan fingerprint density at radius 2 is 1.80 bits per heavy atom. The molecule has 0 aliphatic heterocycles. The van der Waals surface area contributed by atoms with E-state index in [2.05, 4.69) is 0 Å². The molecule has 0 aliphatic carbocycles. The molecule has 0 unspecified atom stereocenters. The number of rotatable bonds is 3. The molecule has 4 N–H and O–H groups in total. The first-order valence-electron chi connectivity index (χ1n) is 5.56. The minimum Gasteiger partial charge on any atom is -0.507 e. The van der Waals surface area contributed by atoms with E-state index in [1.165, 1.54) is 24.3 Å². The lowest BCUT2D eigenvalue weighted by Crippen LogP contribution is -2.11. The molecule has 5 nitrogen and oxygen atoms in total. The van der Waals surface area contributed by atoms with Crippen molar-refractivity contribution in [1.29, 1.82) is 0 Å². The lowest BCUT2D eigenvalue weighted by molar-refractivity contribution is 0.0696. The fraction of sp³-hybridized carbons (Fsp3) is 0. The van der Waals surface area contributed by atoms with Gasteiger partial charge in [0, 0.05) is 5.56 Å². The molecule has 0 saturated carbocycles. The van der Waals surface area contributed by atoms with Gasteiger partial charge >= 0.3 is 5.97 Å². The largest absolute Gasteiger partial charge is 0.507 e. The second-order valence-electron chi connectivity index (χ2n) is 4.10. The van der Waals surface area contributed by atoms with Crippen LogP contribution in [0.5, 0.6) is 5.75 Å². The number of carboxylic acids is 1. The van der Waals surface area contributed by atoms with Gasteiger partial charge in [-0.05, 0) is 35.9 Å². The normalized spacial score (nSPS) is 10.2. The van der Waals surface area contributed by atoms with E-state index < -0.39 is 11.9 Å². The van der Waals surface area contributed by atoms with Gasteiger partial charge in [0.1, 0.15) is 5.75 Å². The SMILES string of the molecule is NC(=O)c1cc(-c2ccc(C(=O)O)cc2O)ccc1Cl. The zero-order chi connectivity index (χ0) is 14.9. The summed E-state index contributed by atoms with van der Waals surface area (Å²) in [6.07, 6.45) is 0. The molecule has 0 radical (unpaired) electrons. The fourth-order valence-corrected chi connectivity index (χ4v) is 2.00. The Labute approximate surface area is 119 Å². The highest BCUT2D eigenvalue weighted by Crippen LogP contribution is 2.32. The van der Waals surface area contributed by atoms with Gasteiger partial charge in [-0.25, -0.2) is 4.79 Å². The Bertz CT molecular complexity index is 712. The van der Waals surface area contributed by atoms with Crippen LogP contribution in [0.15, 0.2) is 36.4 Å². The topological polar surface area (TPSA) is 101 Å². The first-order chi connectivity index (χ1) is 9.40. The monoisotopic (exact) mass is 291 g/mol. The maximum Gasteiger partial charge on any atom is 0.335 e. The zero-order valence-corrected chi connectivity index (χ0v) is 10.9. The van der Waals surface area contributed by atoms with Crippen molar-refractivity contribution in [2.24, 2.45) is 5.73 Å². The van der Waals surface area contributed by atoms with Gasteiger partial charge in [0.2, 0.25) is 5.91 Å². The minimum absolute atomic E-state index is 0.0321. The van der Waals surface area contributed by atoms with Gasteiger partial charge in [0.15, 0.2) is 0 Å². The number of phenols is 1. The molecule has 0 saturated heterocycles. The molecule has 6 heteroatoms. The lowest BCUT2D eigenvalue weighted by atomic mass is 10.0. The minimum atomic E-state index is -1.14. The maximum atomic E-state index is 11.2. The standard InChI is InChI=1S/C14H10ClNO4/c15-11-4-2-7(5-10(11)13(16)18)9-3-1-8(14(19)20)6-12(9)17/h1-6,17H,(H2,16,18)(H,19,20). The second kappa shape index (κ2) is 5.22.